The molecule has 4 heteroatoms. The number of aromatic nitrogens is 1. The molecule has 1 heterocycles. The summed E-state index contributed by atoms with van der Waals surface area (Å²) >= 11 is 0. The normalized spacial score (nSPS) is 12.4. The van der Waals surface area contributed by atoms with Gasteiger partial charge in [-0.15, -0.1) is 0 Å². The third-order valence-electron chi connectivity index (χ3n) is 4.38. The van der Waals surface area contributed by atoms with Gasteiger partial charge in [0.1, 0.15) is 0 Å². The van der Waals surface area contributed by atoms with Crippen LogP contribution in [-0.4, -0.2) is 23.1 Å². The van der Waals surface area contributed by atoms with Gasteiger partial charge in [-0.2, -0.15) is 0 Å². The highest BCUT2D eigenvalue weighted by Crippen LogP contribution is 2.17. The van der Waals surface area contributed by atoms with Gasteiger partial charge in [-0.3, -0.25) is 4.79 Å². The Bertz CT molecular complexity index is 674. The zero-order valence-electron chi connectivity index (χ0n) is 15.2. The smallest absolute Gasteiger partial charge is 0.253 e. The molecule has 4 nitrogen and oxygen atoms in total. The zero-order chi connectivity index (χ0) is 17.7. The average Bonchev–Trinajstić information content (AvgIpc) is 2.83. The number of carbonyl (C=O) groups excluding carboxylic acids is 1. The SMILES string of the molecule is Cc1cc(C(=O)NC(CN)CC(C)C)c(C)n1Cc1ccccc1. The van der Waals surface area contributed by atoms with Crippen molar-refractivity contribution in [1.29, 1.82) is 0 Å². The molecule has 1 atom stereocenters. The van der Waals surface area contributed by atoms with Gasteiger partial charge in [0.05, 0.1) is 5.56 Å². The second-order valence-electron chi connectivity index (χ2n) is 6.89. The van der Waals surface area contributed by atoms with Crippen LogP contribution in [0.4, 0.5) is 0 Å². The van der Waals surface area contributed by atoms with Crippen LogP contribution in [0.25, 0.3) is 0 Å². The first-order valence-corrected chi connectivity index (χ1v) is 8.64. The Morgan fingerprint density at radius 3 is 2.46 bits per heavy atom. The number of benzene rings is 1. The second kappa shape index (κ2) is 8.15. The molecule has 0 bridgehead atoms. The van der Waals surface area contributed by atoms with Crippen molar-refractivity contribution in [1.82, 2.24) is 9.88 Å². The van der Waals surface area contributed by atoms with Crippen molar-refractivity contribution in [2.24, 2.45) is 11.7 Å². The molecule has 1 aromatic carbocycles. The molecule has 130 valence electrons. The van der Waals surface area contributed by atoms with Crippen molar-refractivity contribution in [3.63, 3.8) is 0 Å². The summed E-state index contributed by atoms with van der Waals surface area (Å²) in [5.41, 5.74) is 9.86. The highest BCUT2D eigenvalue weighted by molar-refractivity contribution is 5.95. The molecule has 2 aromatic rings. The maximum atomic E-state index is 12.7. The third-order valence-corrected chi connectivity index (χ3v) is 4.38. The first-order chi connectivity index (χ1) is 11.4. The summed E-state index contributed by atoms with van der Waals surface area (Å²) in [6.07, 6.45) is 0.894. The molecule has 0 aliphatic heterocycles. The van der Waals surface area contributed by atoms with Crippen molar-refractivity contribution in [3.8, 4) is 0 Å². The Morgan fingerprint density at radius 1 is 1.21 bits per heavy atom. The van der Waals surface area contributed by atoms with E-state index in [1.54, 1.807) is 0 Å². The highest BCUT2D eigenvalue weighted by atomic mass is 16.1. The Kier molecular flexibility index (Phi) is 6.21. The number of nitrogens with zero attached hydrogens (tertiary/aromatic N) is 1. The van der Waals surface area contributed by atoms with Gasteiger partial charge in [-0.05, 0) is 37.8 Å². The van der Waals surface area contributed by atoms with E-state index in [0.29, 0.717) is 12.5 Å². The lowest BCUT2D eigenvalue weighted by molar-refractivity contribution is 0.0933. The summed E-state index contributed by atoms with van der Waals surface area (Å²) < 4.78 is 2.18. The fraction of sp³-hybridized carbons (Fsp3) is 0.450. The van der Waals surface area contributed by atoms with Crippen LogP contribution in [0.1, 0.15) is 47.6 Å². The molecule has 1 aromatic heterocycles. The molecular formula is C20H29N3O. The van der Waals surface area contributed by atoms with E-state index in [1.807, 2.05) is 38.1 Å². The van der Waals surface area contributed by atoms with Crippen molar-refractivity contribution in [2.45, 2.75) is 46.7 Å². The maximum absolute atomic E-state index is 12.7. The minimum atomic E-state index is -0.0292. The molecule has 1 amide bonds. The van der Waals surface area contributed by atoms with Crippen molar-refractivity contribution in [2.75, 3.05) is 6.54 Å². The molecular weight excluding hydrogens is 298 g/mol. The lowest BCUT2D eigenvalue weighted by Crippen LogP contribution is -2.41. The minimum absolute atomic E-state index is 0.0229. The van der Waals surface area contributed by atoms with Crippen LogP contribution >= 0.6 is 0 Å². The monoisotopic (exact) mass is 327 g/mol. The van der Waals surface area contributed by atoms with Crippen LogP contribution in [0.15, 0.2) is 36.4 Å². The molecule has 0 aliphatic rings. The molecule has 0 saturated heterocycles. The fourth-order valence-electron chi connectivity index (χ4n) is 3.09. The third kappa shape index (κ3) is 4.48. The van der Waals surface area contributed by atoms with E-state index in [9.17, 15) is 4.79 Å². The Hall–Kier alpha value is -2.07. The van der Waals surface area contributed by atoms with Crippen LogP contribution in [-0.2, 0) is 6.54 Å². The first-order valence-electron chi connectivity index (χ1n) is 8.64. The largest absolute Gasteiger partial charge is 0.348 e. The van der Waals surface area contributed by atoms with E-state index < -0.39 is 0 Å². The number of amides is 1. The maximum Gasteiger partial charge on any atom is 0.253 e. The Labute approximate surface area is 145 Å². The molecule has 0 spiro atoms. The molecule has 3 N–H and O–H groups in total. The Balaban J connectivity index is 2.16. The van der Waals surface area contributed by atoms with Crippen LogP contribution < -0.4 is 11.1 Å². The number of nitrogens with two attached hydrogens (primary N) is 1. The van der Waals surface area contributed by atoms with Crippen LogP contribution in [0, 0.1) is 19.8 Å². The van der Waals surface area contributed by atoms with E-state index >= 15 is 0 Å². The summed E-state index contributed by atoms with van der Waals surface area (Å²) in [4.78, 5) is 12.7. The van der Waals surface area contributed by atoms with Crippen molar-refractivity contribution in [3.05, 3.63) is 58.9 Å². The number of nitrogens with one attached hydrogen (secondary N) is 1. The van der Waals surface area contributed by atoms with Crippen molar-refractivity contribution < 1.29 is 4.79 Å². The lowest BCUT2D eigenvalue weighted by atomic mass is 10.0. The molecule has 1 unspecified atom stereocenters. The number of carbonyl (C=O) groups is 1. The van der Waals surface area contributed by atoms with E-state index in [-0.39, 0.29) is 11.9 Å². The summed E-state index contributed by atoms with van der Waals surface area (Å²) in [6, 6.07) is 12.3. The predicted molar refractivity (Wildman–Crippen MR) is 99.2 cm³/mol. The van der Waals surface area contributed by atoms with Gasteiger partial charge in [0, 0.05) is 30.5 Å². The van der Waals surface area contributed by atoms with Gasteiger partial charge in [-0.25, -0.2) is 0 Å². The Morgan fingerprint density at radius 2 is 1.88 bits per heavy atom. The van der Waals surface area contributed by atoms with E-state index in [2.05, 4.69) is 35.9 Å². The van der Waals surface area contributed by atoms with Crippen LogP contribution in [0.5, 0.6) is 0 Å². The molecule has 0 aliphatic carbocycles. The van der Waals surface area contributed by atoms with Gasteiger partial charge in [0.25, 0.3) is 5.91 Å². The van der Waals surface area contributed by atoms with Gasteiger partial charge in [-0.1, -0.05) is 44.2 Å². The summed E-state index contributed by atoms with van der Waals surface area (Å²) in [6.45, 7) is 9.57. The number of aryl methyl sites for hydroxylation is 1. The van der Waals surface area contributed by atoms with Crippen LogP contribution in [0.2, 0.25) is 0 Å². The van der Waals surface area contributed by atoms with E-state index in [0.717, 1.165) is 29.9 Å². The number of rotatable bonds is 7. The standard InChI is InChI=1S/C20H29N3O/c1-14(2)10-18(12-21)22-20(24)19-11-15(3)23(16(19)4)13-17-8-6-5-7-9-17/h5-9,11,14,18H,10,12-13,21H2,1-4H3,(H,22,24). The van der Waals surface area contributed by atoms with Gasteiger partial charge in [0.2, 0.25) is 0 Å². The summed E-state index contributed by atoms with van der Waals surface area (Å²) in [5.74, 6) is 0.475. The fourth-order valence-corrected chi connectivity index (χ4v) is 3.09. The van der Waals surface area contributed by atoms with Crippen LogP contribution in [0.3, 0.4) is 0 Å². The van der Waals surface area contributed by atoms with Gasteiger partial charge in [0.15, 0.2) is 0 Å². The number of hydrogen-bond acceptors (Lipinski definition) is 2. The minimum Gasteiger partial charge on any atom is -0.348 e. The second-order valence-corrected chi connectivity index (χ2v) is 6.89. The van der Waals surface area contributed by atoms with Crippen molar-refractivity contribution >= 4 is 5.91 Å². The van der Waals surface area contributed by atoms with E-state index in [4.69, 9.17) is 5.73 Å². The number of hydrogen-bond donors (Lipinski definition) is 2. The molecule has 0 radical (unpaired) electrons. The topological polar surface area (TPSA) is 60.1 Å². The van der Waals surface area contributed by atoms with Gasteiger partial charge >= 0.3 is 0 Å². The average molecular weight is 327 g/mol. The highest BCUT2D eigenvalue weighted by Gasteiger charge is 2.19. The molecule has 24 heavy (non-hydrogen) atoms. The summed E-state index contributed by atoms with van der Waals surface area (Å²) in [5, 5.41) is 3.08. The molecule has 2 rings (SSSR count). The first kappa shape index (κ1) is 18.3. The zero-order valence-corrected chi connectivity index (χ0v) is 15.2. The molecule has 0 fully saturated rings. The quantitative estimate of drug-likeness (QED) is 0.820. The predicted octanol–water partition coefficient (Wildman–Crippen LogP) is 3.26. The van der Waals surface area contributed by atoms with E-state index in [1.165, 1.54) is 5.56 Å². The summed E-state index contributed by atoms with van der Waals surface area (Å²) in [7, 11) is 0. The lowest BCUT2D eigenvalue weighted by Gasteiger charge is -2.19. The molecule has 0 saturated carbocycles. The van der Waals surface area contributed by atoms with Gasteiger partial charge < -0.3 is 15.6 Å².